The van der Waals surface area contributed by atoms with Crippen LogP contribution >= 0.6 is 0 Å². The highest BCUT2D eigenvalue weighted by Gasteiger charge is 2.07. The van der Waals surface area contributed by atoms with E-state index in [1.807, 2.05) is 38.9 Å². The highest BCUT2D eigenvalue weighted by atomic mass is 16.3. The summed E-state index contributed by atoms with van der Waals surface area (Å²) in [5, 5.41) is 16.9. The van der Waals surface area contributed by atoms with Gasteiger partial charge in [-0.2, -0.15) is 5.26 Å². The van der Waals surface area contributed by atoms with Gasteiger partial charge >= 0.3 is 0 Å². The van der Waals surface area contributed by atoms with Gasteiger partial charge in [-0.3, -0.25) is 0 Å². The quantitative estimate of drug-likeness (QED) is 0.662. The molecule has 0 aliphatic heterocycles. The highest BCUT2D eigenvalue weighted by Crippen LogP contribution is 1.95. The van der Waals surface area contributed by atoms with E-state index in [1.165, 1.54) is 0 Å². The fourth-order valence-corrected chi connectivity index (χ4v) is 0.516. The molecule has 0 heterocycles. The van der Waals surface area contributed by atoms with Gasteiger partial charge in [0, 0.05) is 6.04 Å². The maximum Gasteiger partial charge on any atom is 0.0639 e. The molecule has 66 valence electrons. The fraction of sp³-hybridized carbons (Fsp3) is 0.875. The van der Waals surface area contributed by atoms with Crippen molar-refractivity contribution in [3.8, 4) is 6.07 Å². The summed E-state index contributed by atoms with van der Waals surface area (Å²) in [7, 11) is 3.69. The average Bonchev–Trinajstić information content (AvgIpc) is 2.03. The first kappa shape index (κ1) is 13.0. The summed E-state index contributed by atoms with van der Waals surface area (Å²) < 4.78 is 0. The lowest BCUT2D eigenvalue weighted by molar-refractivity contribution is 0.172. The number of rotatable bonds is 3. The van der Waals surface area contributed by atoms with Gasteiger partial charge in [0.1, 0.15) is 0 Å². The Kier molecular flexibility index (Phi) is 11.1. The van der Waals surface area contributed by atoms with Gasteiger partial charge in [-0.15, -0.1) is 0 Å². The molecule has 0 aromatic carbocycles. The van der Waals surface area contributed by atoms with Crippen LogP contribution in [0.25, 0.3) is 0 Å². The van der Waals surface area contributed by atoms with Crippen molar-refractivity contribution in [2.24, 2.45) is 0 Å². The second kappa shape index (κ2) is 9.41. The van der Waals surface area contributed by atoms with Gasteiger partial charge in [-0.1, -0.05) is 13.8 Å². The van der Waals surface area contributed by atoms with Crippen LogP contribution in [0.1, 0.15) is 20.3 Å². The first-order valence-electron chi connectivity index (χ1n) is 3.86. The Hall–Kier alpha value is -0.590. The molecule has 3 heteroatoms. The Morgan fingerprint density at radius 2 is 1.91 bits per heavy atom. The second-order valence-corrected chi connectivity index (χ2v) is 2.16. The third-order valence-electron chi connectivity index (χ3n) is 1.27. The molecule has 0 radical (unpaired) electrons. The first-order valence-corrected chi connectivity index (χ1v) is 3.86. The predicted molar refractivity (Wildman–Crippen MR) is 46.1 cm³/mol. The van der Waals surface area contributed by atoms with E-state index >= 15 is 0 Å². The fourth-order valence-electron chi connectivity index (χ4n) is 0.516. The van der Waals surface area contributed by atoms with Gasteiger partial charge in [0.15, 0.2) is 0 Å². The molecule has 0 aliphatic rings. The molecule has 0 aliphatic carbocycles. The van der Waals surface area contributed by atoms with Gasteiger partial charge in [-0.05, 0) is 14.1 Å². The maximum absolute atomic E-state index is 8.63. The molecule has 0 spiro atoms. The Balaban J connectivity index is 0. The summed E-state index contributed by atoms with van der Waals surface area (Å²) in [5.74, 6) is 0. The van der Waals surface area contributed by atoms with Crippen molar-refractivity contribution in [1.29, 1.82) is 5.26 Å². The van der Waals surface area contributed by atoms with E-state index in [9.17, 15) is 0 Å². The van der Waals surface area contributed by atoms with Crippen LogP contribution < -0.4 is 0 Å². The van der Waals surface area contributed by atoms with Crippen molar-refractivity contribution in [2.45, 2.75) is 26.3 Å². The highest BCUT2D eigenvalue weighted by molar-refractivity contribution is 4.79. The molecule has 1 atom stereocenters. The number of nitriles is 1. The molecular weight excluding hydrogens is 140 g/mol. The van der Waals surface area contributed by atoms with Gasteiger partial charge in [0.25, 0.3) is 0 Å². The molecule has 3 nitrogen and oxygen atoms in total. The lowest BCUT2D eigenvalue weighted by Gasteiger charge is -2.18. The van der Waals surface area contributed by atoms with E-state index in [1.54, 1.807) is 0 Å². The minimum Gasteiger partial charge on any atom is -0.395 e. The van der Waals surface area contributed by atoms with Gasteiger partial charge < -0.3 is 10.0 Å². The minimum atomic E-state index is -0.00463. The Morgan fingerprint density at radius 3 is 2.00 bits per heavy atom. The third kappa shape index (κ3) is 7.31. The second-order valence-electron chi connectivity index (χ2n) is 2.16. The van der Waals surface area contributed by atoms with Crippen molar-refractivity contribution < 1.29 is 5.11 Å². The number of hydrogen-bond acceptors (Lipinski definition) is 3. The van der Waals surface area contributed by atoms with Gasteiger partial charge in [-0.25, -0.2) is 0 Å². The molecular formula is C8H18N2O. The van der Waals surface area contributed by atoms with Crippen molar-refractivity contribution in [3.05, 3.63) is 0 Å². The Morgan fingerprint density at radius 1 is 1.45 bits per heavy atom. The molecule has 0 fully saturated rings. The largest absolute Gasteiger partial charge is 0.395 e. The van der Waals surface area contributed by atoms with E-state index in [-0.39, 0.29) is 12.6 Å². The molecule has 1 unspecified atom stereocenters. The summed E-state index contributed by atoms with van der Waals surface area (Å²) in [6.07, 6.45) is 0.392. The van der Waals surface area contributed by atoms with E-state index in [4.69, 9.17) is 10.4 Å². The van der Waals surface area contributed by atoms with E-state index < -0.39 is 0 Å². The van der Waals surface area contributed by atoms with E-state index in [0.717, 1.165) is 0 Å². The van der Waals surface area contributed by atoms with Crippen LogP contribution in [-0.4, -0.2) is 36.8 Å². The van der Waals surface area contributed by atoms with Crippen LogP contribution in [0.5, 0.6) is 0 Å². The van der Waals surface area contributed by atoms with Crippen LogP contribution in [0.15, 0.2) is 0 Å². The zero-order valence-corrected chi connectivity index (χ0v) is 7.83. The first-order chi connectivity index (χ1) is 5.22. The zero-order valence-electron chi connectivity index (χ0n) is 7.83. The minimum absolute atomic E-state index is 0.00463. The van der Waals surface area contributed by atoms with E-state index in [0.29, 0.717) is 6.42 Å². The molecule has 0 bridgehead atoms. The van der Waals surface area contributed by atoms with Crippen molar-refractivity contribution in [2.75, 3.05) is 20.7 Å². The van der Waals surface area contributed by atoms with Crippen LogP contribution in [0.4, 0.5) is 0 Å². The number of nitrogens with zero attached hydrogens (tertiary/aromatic N) is 2. The topological polar surface area (TPSA) is 47.3 Å². The predicted octanol–water partition coefficient (Wildman–Crippen LogP) is 0.849. The van der Waals surface area contributed by atoms with Crippen LogP contribution in [0.3, 0.4) is 0 Å². The van der Waals surface area contributed by atoms with Gasteiger partial charge in [0.2, 0.25) is 0 Å². The standard InChI is InChI=1S/C6H12N2O.C2H6/c1-8(2)6(5-9)3-4-7;1-2/h6,9H,3,5H2,1-2H3;1-2H3. The Labute approximate surface area is 69.2 Å². The SMILES string of the molecule is CC.CN(C)C(CO)CC#N. The molecule has 0 saturated heterocycles. The van der Waals surface area contributed by atoms with E-state index in [2.05, 4.69) is 0 Å². The lowest BCUT2D eigenvalue weighted by Crippen LogP contribution is -2.30. The number of aliphatic hydroxyl groups is 1. The molecule has 0 saturated carbocycles. The molecule has 11 heavy (non-hydrogen) atoms. The molecule has 0 aromatic rings. The average molecular weight is 158 g/mol. The lowest BCUT2D eigenvalue weighted by atomic mass is 10.2. The summed E-state index contributed by atoms with van der Waals surface area (Å²) >= 11 is 0. The van der Waals surface area contributed by atoms with Crippen LogP contribution in [-0.2, 0) is 0 Å². The monoisotopic (exact) mass is 158 g/mol. The molecule has 1 N–H and O–H groups in total. The Bertz CT molecular complexity index is 107. The van der Waals surface area contributed by atoms with Crippen LogP contribution in [0, 0.1) is 11.3 Å². The van der Waals surface area contributed by atoms with Crippen molar-refractivity contribution in [3.63, 3.8) is 0 Å². The van der Waals surface area contributed by atoms with Crippen molar-refractivity contribution in [1.82, 2.24) is 4.90 Å². The number of aliphatic hydroxyl groups excluding tert-OH is 1. The zero-order chi connectivity index (χ0) is 9.28. The summed E-state index contributed by atoms with van der Waals surface area (Å²) in [5.41, 5.74) is 0. The number of likely N-dealkylation sites (N-methyl/N-ethyl adjacent to an activating group) is 1. The summed E-state index contributed by atoms with van der Waals surface area (Å²) in [6.45, 7) is 4.06. The van der Waals surface area contributed by atoms with Crippen LogP contribution in [0.2, 0.25) is 0 Å². The summed E-state index contributed by atoms with van der Waals surface area (Å²) in [4.78, 5) is 1.84. The molecule has 0 rings (SSSR count). The smallest absolute Gasteiger partial charge is 0.0639 e. The summed E-state index contributed by atoms with van der Waals surface area (Å²) in [6, 6.07) is 1.99. The maximum atomic E-state index is 8.63. The van der Waals surface area contributed by atoms with Crippen molar-refractivity contribution >= 4 is 0 Å². The number of hydrogen-bond donors (Lipinski definition) is 1. The third-order valence-corrected chi connectivity index (χ3v) is 1.27. The molecule has 0 aromatic heterocycles. The normalized spacial score (nSPS) is 11.4. The molecule has 0 amide bonds. The van der Waals surface area contributed by atoms with Gasteiger partial charge in [0.05, 0.1) is 19.1 Å².